The Kier molecular flexibility index (Phi) is 6.25. The molecule has 0 atom stereocenters. The number of hydrogen-bond donors (Lipinski definition) is 2. The average Bonchev–Trinajstić information content (AvgIpc) is 2.69. The van der Waals surface area contributed by atoms with Crippen LogP contribution in [-0.2, 0) is 18.2 Å². The summed E-state index contributed by atoms with van der Waals surface area (Å²) >= 11 is 5.44. The molecule has 0 radical (unpaired) electrons. The number of aliphatic hydroxyl groups is 1. The molecule has 0 aromatic heterocycles. The molecule has 0 saturated carbocycles. The van der Waals surface area contributed by atoms with Gasteiger partial charge >= 0.3 is 6.18 Å². The lowest BCUT2D eigenvalue weighted by molar-refractivity contribution is -0.137. The molecule has 0 aliphatic carbocycles. The molecule has 1 aliphatic rings. The molecular formula is C21H23F3N2OS. The number of benzene rings is 2. The maximum Gasteiger partial charge on any atom is 0.416 e. The number of piperidine rings is 1. The van der Waals surface area contributed by atoms with Crippen molar-refractivity contribution in [2.75, 3.05) is 19.6 Å². The van der Waals surface area contributed by atoms with Gasteiger partial charge in [-0.25, -0.2) is 0 Å². The van der Waals surface area contributed by atoms with Crippen molar-refractivity contribution in [2.24, 2.45) is 0 Å². The monoisotopic (exact) mass is 408 g/mol. The fraction of sp³-hybridized carbons (Fsp3) is 0.381. The first-order valence-corrected chi connectivity index (χ1v) is 9.66. The highest BCUT2D eigenvalue weighted by molar-refractivity contribution is 7.80. The number of nitrogens with zero attached hydrogens (tertiary/aromatic N) is 1. The Balaban J connectivity index is 1.54. The Hall–Kier alpha value is -2.12. The number of rotatable bonds is 4. The average molecular weight is 408 g/mol. The van der Waals surface area contributed by atoms with Crippen LogP contribution in [0.4, 0.5) is 13.2 Å². The van der Waals surface area contributed by atoms with E-state index in [1.165, 1.54) is 11.6 Å². The quantitative estimate of drug-likeness (QED) is 0.747. The number of halogens is 3. The van der Waals surface area contributed by atoms with Gasteiger partial charge in [0.2, 0.25) is 0 Å². The highest BCUT2D eigenvalue weighted by Gasteiger charge is 2.37. The lowest BCUT2D eigenvalue weighted by Crippen LogP contribution is -2.49. The molecule has 1 aliphatic heterocycles. The second-order valence-electron chi connectivity index (χ2n) is 7.06. The van der Waals surface area contributed by atoms with E-state index in [1.807, 2.05) is 23.1 Å². The van der Waals surface area contributed by atoms with Crippen LogP contribution < -0.4 is 5.32 Å². The van der Waals surface area contributed by atoms with Crippen molar-refractivity contribution in [1.29, 1.82) is 0 Å². The van der Waals surface area contributed by atoms with Crippen molar-refractivity contribution < 1.29 is 18.3 Å². The molecule has 2 aromatic rings. The molecule has 1 heterocycles. The van der Waals surface area contributed by atoms with Crippen LogP contribution in [0.25, 0.3) is 0 Å². The number of hydrogen-bond acceptors (Lipinski definition) is 2. The maximum absolute atomic E-state index is 13.0. The van der Waals surface area contributed by atoms with E-state index >= 15 is 0 Å². The zero-order chi connectivity index (χ0) is 20.2. The summed E-state index contributed by atoms with van der Waals surface area (Å²) in [6.07, 6.45) is -2.91. The molecular weight excluding hydrogens is 385 g/mol. The third-order valence-electron chi connectivity index (χ3n) is 5.14. The van der Waals surface area contributed by atoms with E-state index in [9.17, 15) is 18.3 Å². The molecule has 0 unspecified atom stereocenters. The number of likely N-dealkylation sites (tertiary alicyclic amines) is 1. The SMILES string of the molecule is OC1(c2cccc(C(F)(F)F)c2)CCN(C(=S)NCCc2ccccc2)CC1. The van der Waals surface area contributed by atoms with Crippen molar-refractivity contribution in [1.82, 2.24) is 10.2 Å². The summed E-state index contributed by atoms with van der Waals surface area (Å²) in [6, 6.07) is 15.0. The lowest BCUT2D eigenvalue weighted by atomic mass is 9.84. The van der Waals surface area contributed by atoms with Crippen LogP contribution in [-0.4, -0.2) is 34.8 Å². The van der Waals surface area contributed by atoms with Crippen LogP contribution in [0.5, 0.6) is 0 Å². The molecule has 7 heteroatoms. The minimum absolute atomic E-state index is 0.310. The van der Waals surface area contributed by atoms with Crippen LogP contribution in [0.3, 0.4) is 0 Å². The van der Waals surface area contributed by atoms with Gasteiger partial charge in [0.25, 0.3) is 0 Å². The van der Waals surface area contributed by atoms with Crippen molar-refractivity contribution in [3.8, 4) is 0 Å². The minimum atomic E-state index is -4.42. The first kappa shape index (κ1) is 20.6. The molecule has 0 spiro atoms. The number of nitrogens with one attached hydrogen (secondary N) is 1. The number of thiocarbonyl (C=S) groups is 1. The van der Waals surface area contributed by atoms with E-state index in [-0.39, 0.29) is 0 Å². The first-order chi connectivity index (χ1) is 13.3. The van der Waals surface area contributed by atoms with Gasteiger partial charge in [0.05, 0.1) is 11.2 Å². The van der Waals surface area contributed by atoms with E-state index in [2.05, 4.69) is 17.4 Å². The maximum atomic E-state index is 13.0. The van der Waals surface area contributed by atoms with Crippen LogP contribution in [0.1, 0.15) is 29.5 Å². The summed E-state index contributed by atoms with van der Waals surface area (Å²) in [7, 11) is 0. The van der Waals surface area contributed by atoms with Gasteiger partial charge in [0.15, 0.2) is 5.11 Å². The standard InChI is InChI=1S/C21H23F3N2OS/c22-21(23,24)18-8-4-7-17(15-18)20(27)10-13-26(14-11-20)19(28)25-12-9-16-5-2-1-3-6-16/h1-8,15,27H,9-14H2,(H,25,28). The van der Waals surface area contributed by atoms with E-state index < -0.39 is 17.3 Å². The molecule has 3 rings (SSSR count). The minimum Gasteiger partial charge on any atom is -0.385 e. The predicted octanol–water partition coefficient (Wildman–Crippen LogP) is 4.11. The molecule has 3 nitrogen and oxygen atoms in total. The first-order valence-electron chi connectivity index (χ1n) is 9.25. The molecule has 2 aromatic carbocycles. The Labute approximate surface area is 168 Å². The summed E-state index contributed by atoms with van der Waals surface area (Å²) in [5.74, 6) is 0. The molecule has 28 heavy (non-hydrogen) atoms. The highest BCUT2D eigenvalue weighted by Crippen LogP contribution is 2.36. The van der Waals surface area contributed by atoms with Gasteiger partial charge in [0.1, 0.15) is 0 Å². The Morgan fingerprint density at radius 2 is 1.75 bits per heavy atom. The zero-order valence-electron chi connectivity index (χ0n) is 15.4. The van der Waals surface area contributed by atoms with Crippen molar-refractivity contribution >= 4 is 17.3 Å². The fourth-order valence-electron chi connectivity index (χ4n) is 3.42. The smallest absolute Gasteiger partial charge is 0.385 e. The molecule has 2 N–H and O–H groups in total. The van der Waals surface area contributed by atoms with Gasteiger partial charge in [-0.15, -0.1) is 0 Å². The van der Waals surface area contributed by atoms with Crippen molar-refractivity contribution in [3.63, 3.8) is 0 Å². The van der Waals surface area contributed by atoms with E-state index in [0.717, 1.165) is 18.6 Å². The Morgan fingerprint density at radius 3 is 2.39 bits per heavy atom. The second kappa shape index (κ2) is 8.49. The molecule has 150 valence electrons. The zero-order valence-corrected chi connectivity index (χ0v) is 16.2. The lowest BCUT2D eigenvalue weighted by Gasteiger charge is -2.39. The summed E-state index contributed by atoms with van der Waals surface area (Å²) in [5.41, 5.74) is -0.475. The molecule has 0 amide bonds. The highest BCUT2D eigenvalue weighted by atomic mass is 32.1. The van der Waals surface area contributed by atoms with Crippen LogP contribution in [0, 0.1) is 0 Å². The predicted molar refractivity (Wildman–Crippen MR) is 107 cm³/mol. The summed E-state index contributed by atoms with van der Waals surface area (Å²) < 4.78 is 38.9. The normalized spacial score (nSPS) is 16.6. The van der Waals surface area contributed by atoms with E-state index in [4.69, 9.17) is 12.2 Å². The van der Waals surface area contributed by atoms with Gasteiger partial charge in [-0.1, -0.05) is 42.5 Å². The molecule has 0 bridgehead atoms. The van der Waals surface area contributed by atoms with Crippen molar-refractivity contribution in [2.45, 2.75) is 31.0 Å². The van der Waals surface area contributed by atoms with E-state index in [0.29, 0.717) is 43.2 Å². The fourth-order valence-corrected chi connectivity index (χ4v) is 3.71. The largest absolute Gasteiger partial charge is 0.416 e. The summed E-state index contributed by atoms with van der Waals surface area (Å²) in [6.45, 7) is 1.69. The van der Waals surface area contributed by atoms with E-state index in [1.54, 1.807) is 6.07 Å². The van der Waals surface area contributed by atoms with Gasteiger partial charge in [0, 0.05) is 19.6 Å². The molecule has 1 saturated heterocycles. The topological polar surface area (TPSA) is 35.5 Å². The van der Waals surface area contributed by atoms with Crippen LogP contribution >= 0.6 is 12.2 Å². The molecule has 1 fully saturated rings. The summed E-state index contributed by atoms with van der Waals surface area (Å²) in [5, 5.41) is 14.7. The van der Waals surface area contributed by atoms with Crippen LogP contribution in [0.2, 0.25) is 0 Å². The Bertz CT molecular complexity index is 803. The summed E-state index contributed by atoms with van der Waals surface area (Å²) in [4.78, 5) is 1.96. The van der Waals surface area contributed by atoms with Gasteiger partial charge in [-0.05, 0) is 54.7 Å². The van der Waals surface area contributed by atoms with Gasteiger partial charge in [-0.3, -0.25) is 0 Å². The van der Waals surface area contributed by atoms with Crippen molar-refractivity contribution in [3.05, 3.63) is 71.3 Å². The third-order valence-corrected chi connectivity index (χ3v) is 5.54. The van der Waals surface area contributed by atoms with Gasteiger partial charge < -0.3 is 15.3 Å². The third kappa shape index (κ3) is 5.02. The van der Waals surface area contributed by atoms with Gasteiger partial charge in [-0.2, -0.15) is 13.2 Å². The second-order valence-corrected chi connectivity index (χ2v) is 7.45. The van der Waals surface area contributed by atoms with Crippen LogP contribution in [0.15, 0.2) is 54.6 Å². The number of alkyl halides is 3. The Morgan fingerprint density at radius 1 is 1.07 bits per heavy atom.